The van der Waals surface area contributed by atoms with Gasteiger partial charge in [0, 0.05) is 29.0 Å². The predicted octanol–water partition coefficient (Wildman–Crippen LogP) is 5.16. The Balaban J connectivity index is 1.50. The van der Waals surface area contributed by atoms with E-state index in [4.69, 9.17) is 0 Å². The van der Waals surface area contributed by atoms with Gasteiger partial charge < -0.3 is 5.32 Å². The van der Waals surface area contributed by atoms with Gasteiger partial charge in [0.2, 0.25) is 11.0 Å². The lowest BCUT2D eigenvalue weighted by molar-refractivity contribution is -0.116. The number of hydrogen-bond acceptors (Lipinski definition) is 6. The third-order valence-electron chi connectivity index (χ3n) is 4.25. The van der Waals surface area contributed by atoms with Crippen molar-refractivity contribution >= 4 is 45.3 Å². The van der Waals surface area contributed by atoms with E-state index in [1.54, 1.807) is 35.6 Å². The number of carbonyl (C=O) groups is 2. The highest BCUT2D eigenvalue weighted by molar-refractivity contribution is 7.15. The fourth-order valence-corrected chi connectivity index (χ4v) is 4.27. The van der Waals surface area contributed by atoms with E-state index in [-0.39, 0.29) is 11.8 Å². The van der Waals surface area contributed by atoms with Gasteiger partial charge in [0.05, 0.1) is 0 Å². The molecular weight excluding hydrogens is 404 g/mol. The Morgan fingerprint density at radius 1 is 1.03 bits per heavy atom. The van der Waals surface area contributed by atoms with Crippen LogP contribution in [0.15, 0.2) is 41.8 Å². The van der Waals surface area contributed by atoms with Crippen molar-refractivity contribution in [2.45, 2.75) is 45.4 Å². The summed E-state index contributed by atoms with van der Waals surface area (Å²) >= 11 is 3.10. The largest absolute Gasteiger partial charge is 0.326 e. The fourth-order valence-electron chi connectivity index (χ4n) is 2.74. The van der Waals surface area contributed by atoms with Crippen LogP contribution in [0.1, 0.15) is 52.8 Å². The molecule has 0 saturated carbocycles. The fraction of sp³-hybridized carbons (Fsp3) is 0.333. The van der Waals surface area contributed by atoms with Gasteiger partial charge in [0.25, 0.3) is 5.91 Å². The lowest BCUT2D eigenvalue weighted by atomic mass is 10.1. The van der Waals surface area contributed by atoms with Crippen LogP contribution >= 0.6 is 22.7 Å². The average molecular weight is 429 g/mol. The van der Waals surface area contributed by atoms with Crippen LogP contribution in [0.25, 0.3) is 0 Å². The van der Waals surface area contributed by atoms with Crippen LogP contribution in [0.5, 0.6) is 0 Å². The maximum Gasteiger partial charge on any atom is 0.257 e. The number of rotatable bonds is 10. The first kappa shape index (κ1) is 21.1. The van der Waals surface area contributed by atoms with Gasteiger partial charge in [-0.25, -0.2) is 0 Å². The summed E-state index contributed by atoms with van der Waals surface area (Å²) in [5.41, 5.74) is 1.08. The van der Waals surface area contributed by atoms with E-state index in [1.165, 1.54) is 16.2 Å². The second kappa shape index (κ2) is 10.8. The van der Waals surface area contributed by atoms with Crippen LogP contribution in [0, 0.1) is 0 Å². The van der Waals surface area contributed by atoms with Crippen molar-refractivity contribution in [2.24, 2.45) is 0 Å². The summed E-state index contributed by atoms with van der Waals surface area (Å²) in [7, 11) is 0. The number of amides is 2. The molecule has 152 valence electrons. The van der Waals surface area contributed by atoms with E-state index in [9.17, 15) is 9.59 Å². The average Bonchev–Trinajstić information content (AvgIpc) is 3.38. The zero-order valence-electron chi connectivity index (χ0n) is 16.3. The van der Waals surface area contributed by atoms with E-state index in [1.807, 2.05) is 11.4 Å². The number of carbonyl (C=O) groups excluding carboxylic acids is 2. The first-order chi connectivity index (χ1) is 14.1. The van der Waals surface area contributed by atoms with Crippen LogP contribution < -0.4 is 10.6 Å². The Labute approximate surface area is 178 Å². The molecule has 0 aliphatic heterocycles. The number of benzene rings is 1. The van der Waals surface area contributed by atoms with Crippen LogP contribution in [-0.4, -0.2) is 22.0 Å². The van der Waals surface area contributed by atoms with Gasteiger partial charge in [-0.3, -0.25) is 14.9 Å². The zero-order valence-corrected chi connectivity index (χ0v) is 17.9. The van der Waals surface area contributed by atoms with Crippen molar-refractivity contribution < 1.29 is 9.59 Å². The molecule has 0 atom stereocenters. The smallest absolute Gasteiger partial charge is 0.257 e. The van der Waals surface area contributed by atoms with Crippen LogP contribution in [0.3, 0.4) is 0 Å². The highest BCUT2D eigenvalue weighted by Crippen LogP contribution is 2.19. The number of unbranched alkanes of at least 4 members (excludes halogenated alkanes) is 1. The molecule has 8 heteroatoms. The topological polar surface area (TPSA) is 84.0 Å². The molecule has 0 fully saturated rings. The molecule has 1 aromatic carbocycles. The van der Waals surface area contributed by atoms with Crippen molar-refractivity contribution in [3.8, 4) is 0 Å². The van der Waals surface area contributed by atoms with Crippen LogP contribution in [0.2, 0.25) is 0 Å². The number of aryl methyl sites for hydroxylation is 2. The first-order valence-electron chi connectivity index (χ1n) is 9.70. The lowest BCUT2D eigenvalue weighted by Gasteiger charge is -2.07. The lowest BCUT2D eigenvalue weighted by Crippen LogP contribution is -2.14. The molecule has 0 saturated heterocycles. The van der Waals surface area contributed by atoms with Crippen LogP contribution in [-0.2, 0) is 17.6 Å². The van der Waals surface area contributed by atoms with Gasteiger partial charge >= 0.3 is 0 Å². The van der Waals surface area contributed by atoms with Crippen molar-refractivity contribution in [3.63, 3.8) is 0 Å². The van der Waals surface area contributed by atoms with E-state index in [2.05, 4.69) is 33.8 Å². The van der Waals surface area contributed by atoms with Gasteiger partial charge in [-0.05, 0) is 48.9 Å². The Bertz CT molecular complexity index is 938. The Kier molecular flexibility index (Phi) is 7.89. The molecule has 0 bridgehead atoms. The Morgan fingerprint density at radius 2 is 1.93 bits per heavy atom. The molecule has 29 heavy (non-hydrogen) atoms. The van der Waals surface area contributed by atoms with Gasteiger partial charge in [-0.2, -0.15) is 0 Å². The summed E-state index contributed by atoms with van der Waals surface area (Å²) in [6.07, 6.45) is 5.16. The Hall–Kier alpha value is -2.58. The number of nitrogens with one attached hydrogen (secondary N) is 2. The molecule has 0 aliphatic rings. The molecule has 3 aromatic rings. The number of anilines is 2. The second-order valence-corrected chi connectivity index (χ2v) is 8.71. The monoisotopic (exact) mass is 428 g/mol. The van der Waals surface area contributed by atoms with Crippen molar-refractivity contribution in [2.75, 3.05) is 10.6 Å². The normalized spacial score (nSPS) is 10.7. The first-order valence-corrected chi connectivity index (χ1v) is 11.4. The summed E-state index contributed by atoms with van der Waals surface area (Å²) in [6, 6.07) is 11.0. The highest BCUT2D eigenvalue weighted by atomic mass is 32.1. The molecule has 0 unspecified atom stereocenters. The predicted molar refractivity (Wildman–Crippen MR) is 119 cm³/mol. The summed E-state index contributed by atoms with van der Waals surface area (Å²) in [5, 5.41) is 17.2. The molecule has 0 aliphatic carbocycles. The zero-order chi connectivity index (χ0) is 20.5. The van der Waals surface area contributed by atoms with E-state index in [0.717, 1.165) is 37.1 Å². The number of aromatic nitrogens is 2. The standard InChI is InChI=1S/C21H24N4O2S2/c1-2-3-12-19-24-25-21(29-19)23-20(27)15-7-4-8-16(14-15)22-18(26)11-5-9-17-10-6-13-28-17/h4,6-8,10,13-14H,2-3,5,9,11-12H2,1H3,(H,22,26)(H,23,25,27). The van der Waals surface area contributed by atoms with Gasteiger partial charge in [-0.1, -0.05) is 36.8 Å². The summed E-state index contributed by atoms with van der Waals surface area (Å²) in [5.74, 6) is -0.319. The van der Waals surface area contributed by atoms with E-state index >= 15 is 0 Å². The van der Waals surface area contributed by atoms with Crippen molar-refractivity contribution in [1.82, 2.24) is 10.2 Å². The minimum Gasteiger partial charge on any atom is -0.326 e. The highest BCUT2D eigenvalue weighted by Gasteiger charge is 2.11. The van der Waals surface area contributed by atoms with Crippen LogP contribution in [0.4, 0.5) is 10.8 Å². The molecule has 3 rings (SSSR count). The number of hydrogen-bond donors (Lipinski definition) is 2. The third kappa shape index (κ3) is 6.76. The van der Waals surface area contributed by atoms with Gasteiger partial charge in [-0.15, -0.1) is 21.5 Å². The maximum atomic E-state index is 12.5. The van der Waals surface area contributed by atoms with Crippen molar-refractivity contribution in [1.29, 1.82) is 0 Å². The molecule has 0 radical (unpaired) electrons. The molecule has 2 heterocycles. The van der Waals surface area contributed by atoms with Gasteiger partial charge in [0.15, 0.2) is 0 Å². The minimum absolute atomic E-state index is 0.0520. The maximum absolute atomic E-state index is 12.5. The van der Waals surface area contributed by atoms with E-state index < -0.39 is 0 Å². The molecule has 0 spiro atoms. The minimum atomic E-state index is -0.267. The molecule has 2 amide bonds. The molecule has 6 nitrogen and oxygen atoms in total. The van der Waals surface area contributed by atoms with Gasteiger partial charge in [0.1, 0.15) is 5.01 Å². The third-order valence-corrected chi connectivity index (χ3v) is 6.08. The summed E-state index contributed by atoms with van der Waals surface area (Å²) < 4.78 is 0. The number of nitrogens with zero attached hydrogens (tertiary/aromatic N) is 2. The van der Waals surface area contributed by atoms with E-state index in [0.29, 0.717) is 22.8 Å². The summed E-state index contributed by atoms with van der Waals surface area (Å²) in [6.45, 7) is 2.12. The molecule has 2 aromatic heterocycles. The Morgan fingerprint density at radius 3 is 2.72 bits per heavy atom. The molecular formula is C21H24N4O2S2. The second-order valence-electron chi connectivity index (χ2n) is 6.62. The molecule has 2 N–H and O–H groups in total. The SMILES string of the molecule is CCCCc1nnc(NC(=O)c2cccc(NC(=O)CCCc3cccs3)c2)s1. The van der Waals surface area contributed by atoms with Crippen molar-refractivity contribution in [3.05, 3.63) is 57.2 Å². The number of thiophene rings is 1. The summed E-state index contributed by atoms with van der Waals surface area (Å²) in [4.78, 5) is 26.0. The quantitative estimate of drug-likeness (QED) is 0.467.